The highest BCUT2D eigenvalue weighted by Gasteiger charge is 2.08. The van der Waals surface area contributed by atoms with Gasteiger partial charge < -0.3 is 4.74 Å². The molecule has 0 saturated carbocycles. The van der Waals surface area contributed by atoms with E-state index < -0.39 is 0 Å². The molecule has 0 aromatic rings. The predicted octanol–water partition coefficient (Wildman–Crippen LogP) is 1.08. The van der Waals surface area contributed by atoms with Gasteiger partial charge in [0.05, 0.1) is 6.61 Å². The monoisotopic (exact) mass is 157 g/mol. The van der Waals surface area contributed by atoms with Gasteiger partial charge in [-0.05, 0) is 12.8 Å². The van der Waals surface area contributed by atoms with Crippen molar-refractivity contribution in [3.8, 4) is 0 Å². The third kappa shape index (κ3) is 5.58. The van der Waals surface area contributed by atoms with Crippen LogP contribution in [0.3, 0.4) is 0 Å². The Hall–Kier alpha value is -0.860. The van der Waals surface area contributed by atoms with E-state index in [4.69, 9.17) is 4.74 Å². The van der Waals surface area contributed by atoms with Crippen LogP contribution in [-0.2, 0) is 14.3 Å². The van der Waals surface area contributed by atoms with Gasteiger partial charge in [-0.2, -0.15) is 0 Å². The normalized spacial score (nSPS) is 12.2. The average Bonchev–Trinajstić information content (AvgIpc) is 1.87. The largest absolute Gasteiger partial charge is 0.466 e. The molecule has 0 amide bonds. The first-order chi connectivity index (χ1) is 5.20. The smallest absolute Gasteiger partial charge is 0.306 e. The Morgan fingerprint density at radius 2 is 2.27 bits per heavy atom. The van der Waals surface area contributed by atoms with Crippen LogP contribution >= 0.6 is 0 Å². The summed E-state index contributed by atoms with van der Waals surface area (Å²) in [5.41, 5.74) is 0. The first kappa shape index (κ1) is 10.1. The molecule has 1 atom stereocenters. The molecule has 0 aromatic heterocycles. The maximum atomic E-state index is 10.8. The zero-order valence-electron chi connectivity index (χ0n) is 6.92. The lowest BCUT2D eigenvalue weighted by Gasteiger charge is -2.05. The second-order valence-corrected chi connectivity index (χ2v) is 2.46. The number of esters is 1. The third-order valence-electron chi connectivity index (χ3n) is 1.25. The fraction of sp³-hybridized carbons (Fsp3) is 0.750. The van der Waals surface area contributed by atoms with Gasteiger partial charge in [0.25, 0.3) is 0 Å². The van der Waals surface area contributed by atoms with E-state index >= 15 is 0 Å². The molecule has 0 heterocycles. The van der Waals surface area contributed by atoms with Crippen LogP contribution in [0.15, 0.2) is 0 Å². The van der Waals surface area contributed by atoms with Crippen molar-refractivity contribution in [1.29, 1.82) is 0 Å². The van der Waals surface area contributed by atoms with Crippen LogP contribution in [-0.4, -0.2) is 18.9 Å². The van der Waals surface area contributed by atoms with Crippen LogP contribution in [0.25, 0.3) is 0 Å². The summed E-state index contributed by atoms with van der Waals surface area (Å²) in [6, 6.07) is 0. The molecule has 11 heavy (non-hydrogen) atoms. The van der Waals surface area contributed by atoms with Crippen molar-refractivity contribution in [2.75, 3.05) is 6.61 Å². The Kier molecular flexibility index (Phi) is 5.43. The second-order valence-electron chi connectivity index (χ2n) is 2.46. The molecule has 0 bridgehead atoms. The van der Waals surface area contributed by atoms with Crippen LogP contribution < -0.4 is 0 Å². The summed E-state index contributed by atoms with van der Waals surface area (Å²) in [5, 5.41) is 0. The van der Waals surface area contributed by atoms with Gasteiger partial charge >= 0.3 is 5.97 Å². The van der Waals surface area contributed by atoms with Crippen LogP contribution in [0.1, 0.15) is 26.7 Å². The molecule has 3 nitrogen and oxygen atoms in total. The Morgan fingerprint density at radius 3 is 2.73 bits per heavy atom. The number of carbonyl (C=O) groups is 1. The first-order valence-electron chi connectivity index (χ1n) is 3.71. The SMILES string of the molecule is CCOC(=O)CC(C)C[C]=O. The van der Waals surface area contributed by atoms with E-state index in [1.54, 1.807) is 13.2 Å². The van der Waals surface area contributed by atoms with Gasteiger partial charge in [-0.25, -0.2) is 0 Å². The molecule has 0 N–H and O–H groups in total. The summed E-state index contributed by atoms with van der Waals surface area (Å²) in [4.78, 5) is 20.7. The van der Waals surface area contributed by atoms with Crippen LogP contribution in [0, 0.1) is 5.92 Å². The highest BCUT2D eigenvalue weighted by molar-refractivity contribution is 5.70. The van der Waals surface area contributed by atoms with Gasteiger partial charge in [-0.15, -0.1) is 0 Å². The summed E-state index contributed by atoms with van der Waals surface area (Å²) in [6.45, 7) is 3.98. The standard InChI is InChI=1S/C8H13O3/c1-3-11-8(10)6-7(2)4-5-9/h7H,3-4,6H2,1-2H3. The van der Waals surface area contributed by atoms with E-state index in [1.165, 1.54) is 0 Å². The number of ether oxygens (including phenoxy) is 1. The zero-order chi connectivity index (χ0) is 8.69. The van der Waals surface area contributed by atoms with Gasteiger partial charge in [-0.3, -0.25) is 9.59 Å². The van der Waals surface area contributed by atoms with Gasteiger partial charge in [0.2, 0.25) is 0 Å². The quantitative estimate of drug-likeness (QED) is 0.561. The summed E-state index contributed by atoms with van der Waals surface area (Å²) in [6.07, 6.45) is 2.37. The molecule has 1 radical (unpaired) electrons. The van der Waals surface area contributed by atoms with E-state index in [-0.39, 0.29) is 11.9 Å². The fourth-order valence-corrected chi connectivity index (χ4v) is 0.719. The lowest BCUT2D eigenvalue weighted by atomic mass is 10.1. The van der Waals surface area contributed by atoms with Crippen molar-refractivity contribution >= 4 is 12.3 Å². The minimum atomic E-state index is -0.241. The molecule has 0 aliphatic heterocycles. The van der Waals surface area contributed by atoms with Crippen LogP contribution in [0.2, 0.25) is 0 Å². The minimum Gasteiger partial charge on any atom is -0.466 e. The van der Waals surface area contributed by atoms with Crippen molar-refractivity contribution in [3.63, 3.8) is 0 Å². The Balaban J connectivity index is 3.48. The molecule has 0 spiro atoms. The molecule has 0 saturated heterocycles. The molecule has 0 rings (SSSR count). The minimum absolute atomic E-state index is 0.0477. The Morgan fingerprint density at radius 1 is 1.64 bits per heavy atom. The molecule has 3 heteroatoms. The Bertz CT molecular complexity index is 131. The van der Waals surface area contributed by atoms with Crippen LogP contribution in [0.5, 0.6) is 0 Å². The third-order valence-corrected chi connectivity index (χ3v) is 1.25. The van der Waals surface area contributed by atoms with Crippen molar-refractivity contribution in [3.05, 3.63) is 0 Å². The van der Waals surface area contributed by atoms with Crippen molar-refractivity contribution < 1.29 is 14.3 Å². The molecule has 63 valence electrons. The van der Waals surface area contributed by atoms with Gasteiger partial charge in [-0.1, -0.05) is 6.92 Å². The summed E-state index contributed by atoms with van der Waals surface area (Å²) >= 11 is 0. The van der Waals surface area contributed by atoms with E-state index in [0.29, 0.717) is 19.4 Å². The zero-order valence-corrected chi connectivity index (χ0v) is 6.92. The predicted molar refractivity (Wildman–Crippen MR) is 40.7 cm³/mol. The maximum absolute atomic E-state index is 10.8. The number of rotatable bonds is 5. The molecule has 0 aliphatic carbocycles. The van der Waals surface area contributed by atoms with E-state index in [2.05, 4.69) is 0 Å². The molecule has 0 aliphatic rings. The number of hydrogen-bond donors (Lipinski definition) is 0. The van der Waals surface area contributed by atoms with Gasteiger partial charge in [0.15, 0.2) is 6.29 Å². The molecule has 0 fully saturated rings. The number of hydrogen-bond acceptors (Lipinski definition) is 3. The van der Waals surface area contributed by atoms with Crippen molar-refractivity contribution in [1.82, 2.24) is 0 Å². The molecule has 1 unspecified atom stereocenters. The van der Waals surface area contributed by atoms with Crippen LogP contribution in [0.4, 0.5) is 0 Å². The van der Waals surface area contributed by atoms with Gasteiger partial charge in [0.1, 0.15) is 0 Å². The Labute approximate surface area is 66.7 Å². The first-order valence-corrected chi connectivity index (χ1v) is 3.71. The number of carbonyl (C=O) groups excluding carboxylic acids is 2. The summed E-state index contributed by atoms with van der Waals surface area (Å²) in [7, 11) is 0. The fourth-order valence-electron chi connectivity index (χ4n) is 0.719. The average molecular weight is 157 g/mol. The second kappa shape index (κ2) is 5.89. The summed E-state index contributed by atoms with van der Waals surface area (Å²) < 4.78 is 4.69. The highest BCUT2D eigenvalue weighted by atomic mass is 16.5. The maximum Gasteiger partial charge on any atom is 0.306 e. The van der Waals surface area contributed by atoms with Crippen molar-refractivity contribution in [2.45, 2.75) is 26.7 Å². The topological polar surface area (TPSA) is 43.4 Å². The lowest BCUT2D eigenvalue weighted by Crippen LogP contribution is -2.09. The molecule has 0 aromatic carbocycles. The van der Waals surface area contributed by atoms with Crippen molar-refractivity contribution in [2.24, 2.45) is 5.92 Å². The summed E-state index contributed by atoms with van der Waals surface area (Å²) in [5.74, 6) is -0.193. The molecular weight excluding hydrogens is 144 g/mol. The van der Waals surface area contributed by atoms with E-state index in [9.17, 15) is 9.59 Å². The van der Waals surface area contributed by atoms with E-state index in [1.807, 2.05) is 6.92 Å². The lowest BCUT2D eigenvalue weighted by molar-refractivity contribution is -0.144. The molecular formula is C8H13O3. The van der Waals surface area contributed by atoms with Gasteiger partial charge in [0, 0.05) is 12.8 Å². The van der Waals surface area contributed by atoms with E-state index in [0.717, 1.165) is 0 Å². The highest BCUT2D eigenvalue weighted by Crippen LogP contribution is 2.05.